The van der Waals surface area contributed by atoms with Crippen LogP contribution in [0, 0.1) is 5.92 Å². The number of rotatable bonds is 5. The van der Waals surface area contributed by atoms with Crippen LogP contribution in [0.5, 0.6) is 5.75 Å². The van der Waals surface area contributed by atoms with Crippen LogP contribution in [0.15, 0.2) is 53.9 Å². The molecule has 1 aliphatic rings. The van der Waals surface area contributed by atoms with E-state index in [0.717, 1.165) is 17.0 Å². The van der Waals surface area contributed by atoms with Gasteiger partial charge in [0, 0.05) is 34.6 Å². The number of nitrogens with one attached hydrogen (secondary N) is 1. The zero-order valence-corrected chi connectivity index (χ0v) is 17.2. The molecule has 0 saturated carbocycles. The first kappa shape index (κ1) is 19.4. The number of halogens is 1. The number of amides is 2. The van der Waals surface area contributed by atoms with Gasteiger partial charge in [0.2, 0.25) is 11.8 Å². The predicted octanol–water partition coefficient (Wildman–Crippen LogP) is 4.46. The van der Waals surface area contributed by atoms with E-state index < -0.39 is 5.92 Å². The molecule has 0 unspecified atom stereocenters. The molecule has 1 aromatic heterocycles. The van der Waals surface area contributed by atoms with Gasteiger partial charge in [-0.1, -0.05) is 17.7 Å². The fourth-order valence-electron chi connectivity index (χ4n) is 3.21. The summed E-state index contributed by atoms with van der Waals surface area (Å²) in [5.74, 6) is 0.0338. The molecule has 0 spiro atoms. The maximum Gasteiger partial charge on any atom is 0.231 e. The molecule has 8 heteroatoms. The van der Waals surface area contributed by atoms with Gasteiger partial charge in [-0.2, -0.15) is 0 Å². The monoisotopic (exact) mass is 427 g/mol. The van der Waals surface area contributed by atoms with Crippen LogP contribution in [-0.2, 0) is 9.59 Å². The average molecular weight is 428 g/mol. The molecule has 4 rings (SSSR count). The van der Waals surface area contributed by atoms with Crippen LogP contribution in [0.25, 0.3) is 11.3 Å². The second kappa shape index (κ2) is 8.23. The largest absolute Gasteiger partial charge is 0.497 e. The van der Waals surface area contributed by atoms with E-state index in [4.69, 9.17) is 16.3 Å². The van der Waals surface area contributed by atoms with Crippen molar-refractivity contribution in [3.63, 3.8) is 0 Å². The lowest BCUT2D eigenvalue weighted by Crippen LogP contribution is -2.28. The summed E-state index contributed by atoms with van der Waals surface area (Å²) in [4.78, 5) is 31.1. The van der Waals surface area contributed by atoms with E-state index in [-0.39, 0.29) is 18.2 Å². The smallest absolute Gasteiger partial charge is 0.231 e. The van der Waals surface area contributed by atoms with Crippen molar-refractivity contribution in [2.24, 2.45) is 5.92 Å². The number of carbonyl (C=O) groups excluding carboxylic acids is 2. The Morgan fingerprint density at radius 1 is 1.28 bits per heavy atom. The normalized spacial score (nSPS) is 16.1. The van der Waals surface area contributed by atoms with Crippen LogP contribution in [0.2, 0.25) is 5.02 Å². The first-order valence-electron chi connectivity index (χ1n) is 9.00. The quantitative estimate of drug-likeness (QED) is 0.652. The third kappa shape index (κ3) is 4.26. The highest BCUT2D eigenvalue weighted by Crippen LogP contribution is 2.30. The Morgan fingerprint density at radius 3 is 2.79 bits per heavy atom. The molecule has 1 N–H and O–H groups in total. The van der Waals surface area contributed by atoms with Gasteiger partial charge in [-0.05, 0) is 42.5 Å². The molecule has 0 bridgehead atoms. The van der Waals surface area contributed by atoms with Crippen LogP contribution in [0.1, 0.15) is 6.42 Å². The summed E-state index contributed by atoms with van der Waals surface area (Å²) in [5, 5.41) is 5.79. The first-order valence-corrected chi connectivity index (χ1v) is 10.3. The van der Waals surface area contributed by atoms with Gasteiger partial charge in [0.1, 0.15) is 5.75 Å². The molecule has 2 amide bonds. The Morgan fingerprint density at radius 2 is 2.07 bits per heavy atom. The summed E-state index contributed by atoms with van der Waals surface area (Å²) in [6.07, 6.45) is 0.162. The number of carbonyl (C=O) groups is 2. The van der Waals surface area contributed by atoms with Crippen molar-refractivity contribution in [3.05, 3.63) is 58.9 Å². The van der Waals surface area contributed by atoms with Crippen molar-refractivity contribution in [1.29, 1.82) is 0 Å². The van der Waals surface area contributed by atoms with Gasteiger partial charge in [-0.15, -0.1) is 11.3 Å². The van der Waals surface area contributed by atoms with E-state index in [2.05, 4.69) is 10.3 Å². The number of methoxy groups -OCH3 is 1. The fraction of sp³-hybridized carbons (Fsp3) is 0.190. The highest BCUT2D eigenvalue weighted by atomic mass is 35.5. The molecule has 1 atom stereocenters. The Balaban J connectivity index is 1.42. The van der Waals surface area contributed by atoms with Crippen molar-refractivity contribution >= 4 is 45.6 Å². The number of nitrogens with zero attached hydrogens (tertiary/aromatic N) is 2. The predicted molar refractivity (Wildman–Crippen MR) is 115 cm³/mol. The molecule has 1 saturated heterocycles. The molecule has 3 aromatic rings. The van der Waals surface area contributed by atoms with Gasteiger partial charge in [0.15, 0.2) is 5.13 Å². The lowest BCUT2D eigenvalue weighted by molar-refractivity contribution is -0.122. The third-order valence-corrected chi connectivity index (χ3v) is 5.73. The minimum Gasteiger partial charge on any atom is -0.497 e. The molecule has 2 heterocycles. The Bertz CT molecular complexity index is 1050. The van der Waals surface area contributed by atoms with Crippen molar-refractivity contribution in [3.8, 4) is 17.0 Å². The maximum absolute atomic E-state index is 12.7. The summed E-state index contributed by atoms with van der Waals surface area (Å²) in [6.45, 7) is 0.321. The van der Waals surface area contributed by atoms with E-state index in [1.165, 1.54) is 11.3 Å². The van der Waals surface area contributed by atoms with Gasteiger partial charge < -0.3 is 15.0 Å². The lowest BCUT2D eigenvalue weighted by Gasteiger charge is -2.16. The van der Waals surface area contributed by atoms with Crippen LogP contribution in [0.4, 0.5) is 10.8 Å². The summed E-state index contributed by atoms with van der Waals surface area (Å²) in [6, 6.07) is 14.6. The molecule has 6 nitrogen and oxygen atoms in total. The van der Waals surface area contributed by atoms with E-state index in [1.807, 2.05) is 35.7 Å². The molecular formula is C21H18ClN3O3S. The van der Waals surface area contributed by atoms with Crippen LogP contribution >= 0.6 is 22.9 Å². The number of hydrogen-bond acceptors (Lipinski definition) is 5. The van der Waals surface area contributed by atoms with Crippen molar-refractivity contribution < 1.29 is 14.3 Å². The molecule has 1 aliphatic heterocycles. The SMILES string of the molecule is COc1ccc(-c2csc(NC(=O)[C@@H]3CC(=O)N(c4cccc(Cl)c4)C3)n2)cc1. The number of hydrogen-bond donors (Lipinski definition) is 1. The molecule has 0 aliphatic carbocycles. The summed E-state index contributed by atoms with van der Waals surface area (Å²) < 4.78 is 5.16. The Kier molecular flexibility index (Phi) is 5.51. The van der Waals surface area contributed by atoms with Gasteiger partial charge in [-0.3, -0.25) is 9.59 Å². The van der Waals surface area contributed by atoms with E-state index in [0.29, 0.717) is 22.4 Å². The number of ether oxygens (including phenoxy) is 1. The highest BCUT2D eigenvalue weighted by molar-refractivity contribution is 7.14. The summed E-state index contributed by atoms with van der Waals surface area (Å²) in [5.41, 5.74) is 2.41. The van der Waals surface area contributed by atoms with E-state index in [9.17, 15) is 9.59 Å². The summed E-state index contributed by atoms with van der Waals surface area (Å²) >= 11 is 7.37. The zero-order valence-electron chi connectivity index (χ0n) is 15.6. The zero-order chi connectivity index (χ0) is 20.4. The van der Waals surface area contributed by atoms with E-state index >= 15 is 0 Å². The van der Waals surface area contributed by atoms with Gasteiger partial charge in [0.25, 0.3) is 0 Å². The second-order valence-corrected chi connectivity index (χ2v) is 7.94. The molecule has 2 aromatic carbocycles. The van der Waals surface area contributed by atoms with Crippen molar-refractivity contribution in [2.75, 3.05) is 23.9 Å². The molecular weight excluding hydrogens is 410 g/mol. The number of benzene rings is 2. The minimum absolute atomic E-state index is 0.0922. The van der Waals surface area contributed by atoms with Crippen LogP contribution in [-0.4, -0.2) is 30.5 Å². The third-order valence-electron chi connectivity index (χ3n) is 4.74. The summed E-state index contributed by atoms with van der Waals surface area (Å²) in [7, 11) is 1.62. The second-order valence-electron chi connectivity index (χ2n) is 6.64. The van der Waals surface area contributed by atoms with Gasteiger partial charge in [0.05, 0.1) is 18.7 Å². The number of thiazole rings is 1. The van der Waals surface area contributed by atoms with Crippen molar-refractivity contribution in [2.45, 2.75) is 6.42 Å². The Hall–Kier alpha value is -2.90. The minimum atomic E-state index is -0.435. The average Bonchev–Trinajstić information content (AvgIpc) is 3.35. The molecule has 0 radical (unpaired) electrons. The first-order chi connectivity index (χ1) is 14.0. The van der Waals surface area contributed by atoms with Crippen LogP contribution in [0.3, 0.4) is 0 Å². The van der Waals surface area contributed by atoms with Crippen LogP contribution < -0.4 is 15.0 Å². The van der Waals surface area contributed by atoms with Crippen molar-refractivity contribution in [1.82, 2.24) is 4.98 Å². The molecule has 1 fully saturated rings. The molecule has 29 heavy (non-hydrogen) atoms. The van der Waals surface area contributed by atoms with Gasteiger partial charge in [-0.25, -0.2) is 4.98 Å². The van der Waals surface area contributed by atoms with Gasteiger partial charge >= 0.3 is 0 Å². The number of anilines is 2. The number of aromatic nitrogens is 1. The van der Waals surface area contributed by atoms with E-state index in [1.54, 1.807) is 30.2 Å². The Labute approximate surface area is 177 Å². The lowest BCUT2D eigenvalue weighted by atomic mass is 10.1. The standard InChI is InChI=1S/C21H18ClN3O3S/c1-28-17-7-5-13(6-8-17)18-12-29-21(23-18)24-20(27)14-9-19(26)25(11-14)16-4-2-3-15(22)10-16/h2-8,10,12,14H,9,11H2,1H3,(H,23,24,27)/t14-/m1/s1. The molecule has 148 valence electrons. The topological polar surface area (TPSA) is 71.5 Å². The maximum atomic E-state index is 12.7. The highest BCUT2D eigenvalue weighted by Gasteiger charge is 2.35. The fourth-order valence-corrected chi connectivity index (χ4v) is 4.12.